The Labute approximate surface area is 65.1 Å². The number of nitrogens with two attached hydrogens (primary N) is 1. The minimum atomic E-state index is 0.500. The fourth-order valence-electron chi connectivity index (χ4n) is 0.698. The van der Waals surface area contributed by atoms with Gasteiger partial charge < -0.3 is 10.3 Å². The highest BCUT2D eigenvalue weighted by molar-refractivity contribution is 5.77. The normalized spacial score (nSPS) is 12.0. The third-order valence-electron chi connectivity index (χ3n) is 1.17. The maximum absolute atomic E-state index is 5.34. The molecule has 0 saturated carbocycles. The fraction of sp³-hybridized carbons (Fsp3) is 0.429. The number of aliphatic imine (C=N–C) groups is 1. The van der Waals surface area contributed by atoms with E-state index in [-0.39, 0.29) is 0 Å². The van der Waals surface area contributed by atoms with E-state index in [2.05, 4.69) is 10.1 Å². The summed E-state index contributed by atoms with van der Waals surface area (Å²) in [6.45, 7) is 4.09. The van der Waals surface area contributed by atoms with Crippen LogP contribution < -0.4 is 5.73 Å². The Balaban J connectivity index is 2.58. The van der Waals surface area contributed by atoms with Crippen molar-refractivity contribution in [3.63, 3.8) is 0 Å². The minimum absolute atomic E-state index is 0.500. The van der Waals surface area contributed by atoms with Gasteiger partial charge in [0.05, 0.1) is 12.4 Å². The minimum Gasteiger partial charge on any atom is -0.388 e. The molecule has 0 aromatic carbocycles. The van der Waals surface area contributed by atoms with Crippen molar-refractivity contribution in [1.29, 1.82) is 0 Å². The van der Waals surface area contributed by atoms with Gasteiger partial charge in [-0.3, -0.25) is 4.99 Å². The quantitative estimate of drug-likeness (QED) is 0.506. The van der Waals surface area contributed by atoms with E-state index in [1.165, 1.54) is 0 Å². The third-order valence-corrected chi connectivity index (χ3v) is 1.17. The first-order chi connectivity index (χ1) is 5.18. The Kier molecular flexibility index (Phi) is 2.25. The van der Waals surface area contributed by atoms with Crippen molar-refractivity contribution in [1.82, 2.24) is 5.16 Å². The summed E-state index contributed by atoms with van der Waals surface area (Å²) in [5.41, 5.74) is 6.15. The second-order valence-electron chi connectivity index (χ2n) is 2.39. The molecule has 1 aromatic heterocycles. The molecule has 60 valence electrons. The number of nitrogens with zero attached hydrogens (tertiary/aromatic N) is 2. The number of hydrogen-bond acceptors (Lipinski definition) is 3. The highest BCUT2D eigenvalue weighted by Crippen LogP contribution is 2.02. The molecule has 0 amide bonds. The smallest absolute Gasteiger partial charge is 0.133 e. The Morgan fingerprint density at radius 2 is 2.55 bits per heavy atom. The number of amidine groups is 1. The van der Waals surface area contributed by atoms with E-state index in [0.29, 0.717) is 12.4 Å². The lowest BCUT2D eigenvalue weighted by Gasteiger charge is -1.87. The van der Waals surface area contributed by atoms with Gasteiger partial charge in [0.25, 0.3) is 0 Å². The molecule has 4 heteroatoms. The maximum atomic E-state index is 5.34. The second-order valence-corrected chi connectivity index (χ2v) is 2.39. The molecule has 0 atom stereocenters. The van der Waals surface area contributed by atoms with Gasteiger partial charge in [0.1, 0.15) is 11.5 Å². The number of rotatable bonds is 2. The lowest BCUT2D eigenvalue weighted by atomic mass is 10.4. The molecule has 1 aromatic rings. The zero-order valence-electron chi connectivity index (χ0n) is 6.66. The molecule has 4 nitrogen and oxygen atoms in total. The van der Waals surface area contributed by atoms with Gasteiger partial charge in [-0.25, -0.2) is 0 Å². The Morgan fingerprint density at radius 3 is 3.00 bits per heavy atom. The van der Waals surface area contributed by atoms with Crippen molar-refractivity contribution in [2.75, 3.05) is 0 Å². The van der Waals surface area contributed by atoms with Crippen molar-refractivity contribution < 1.29 is 4.52 Å². The van der Waals surface area contributed by atoms with Crippen molar-refractivity contribution >= 4 is 5.84 Å². The Morgan fingerprint density at radius 1 is 1.82 bits per heavy atom. The first kappa shape index (κ1) is 7.78. The van der Waals surface area contributed by atoms with E-state index in [9.17, 15) is 0 Å². The molecule has 0 aliphatic heterocycles. The maximum Gasteiger partial charge on any atom is 0.133 e. The van der Waals surface area contributed by atoms with Gasteiger partial charge in [-0.2, -0.15) is 0 Å². The van der Waals surface area contributed by atoms with Gasteiger partial charge in [-0.15, -0.1) is 0 Å². The van der Waals surface area contributed by atoms with Crippen molar-refractivity contribution in [2.24, 2.45) is 10.7 Å². The molecule has 0 fully saturated rings. The average molecular weight is 153 g/mol. The summed E-state index contributed by atoms with van der Waals surface area (Å²) >= 11 is 0. The highest BCUT2D eigenvalue weighted by Gasteiger charge is 1.96. The molecule has 0 bridgehead atoms. The van der Waals surface area contributed by atoms with Crippen molar-refractivity contribution in [3.8, 4) is 0 Å². The van der Waals surface area contributed by atoms with Crippen molar-refractivity contribution in [2.45, 2.75) is 20.4 Å². The molecule has 0 unspecified atom stereocenters. The standard InChI is InChI=1S/C7H11N3O/c1-5-3-7(10-11-5)4-9-6(2)8/h3H,4H2,1-2H3,(H2,8,9). The van der Waals surface area contributed by atoms with Crippen LogP contribution in [-0.4, -0.2) is 11.0 Å². The van der Waals surface area contributed by atoms with Crippen LogP contribution >= 0.6 is 0 Å². The number of aryl methyl sites for hydroxylation is 1. The molecule has 1 heterocycles. The van der Waals surface area contributed by atoms with Crippen LogP contribution in [0.5, 0.6) is 0 Å². The molecule has 0 saturated heterocycles. The predicted octanol–water partition coefficient (Wildman–Crippen LogP) is 0.860. The van der Waals surface area contributed by atoms with Gasteiger partial charge in [0, 0.05) is 6.07 Å². The summed E-state index contributed by atoms with van der Waals surface area (Å²) < 4.78 is 4.84. The summed E-state index contributed by atoms with van der Waals surface area (Å²) in [4.78, 5) is 3.98. The molecule has 0 spiro atoms. The number of hydrogen-bond donors (Lipinski definition) is 1. The van der Waals surface area contributed by atoms with Crippen LogP contribution in [0.3, 0.4) is 0 Å². The van der Waals surface area contributed by atoms with Gasteiger partial charge in [-0.05, 0) is 13.8 Å². The topological polar surface area (TPSA) is 64.4 Å². The van der Waals surface area contributed by atoms with Crippen LogP contribution in [0.1, 0.15) is 18.4 Å². The molecule has 11 heavy (non-hydrogen) atoms. The van der Waals surface area contributed by atoms with Crippen molar-refractivity contribution in [3.05, 3.63) is 17.5 Å². The Hall–Kier alpha value is -1.32. The summed E-state index contributed by atoms with van der Waals surface area (Å²) in [5.74, 6) is 1.36. The summed E-state index contributed by atoms with van der Waals surface area (Å²) in [7, 11) is 0. The molecular formula is C7H11N3O. The van der Waals surface area contributed by atoms with Gasteiger partial charge in [0.15, 0.2) is 0 Å². The molecule has 0 radical (unpaired) electrons. The third kappa shape index (κ3) is 2.41. The summed E-state index contributed by atoms with van der Waals surface area (Å²) in [5, 5.41) is 3.75. The monoisotopic (exact) mass is 153 g/mol. The van der Waals surface area contributed by atoms with E-state index in [0.717, 1.165) is 11.5 Å². The van der Waals surface area contributed by atoms with Crippen LogP contribution in [0.15, 0.2) is 15.6 Å². The lowest BCUT2D eigenvalue weighted by molar-refractivity contribution is 0.391. The van der Waals surface area contributed by atoms with Gasteiger partial charge in [-0.1, -0.05) is 5.16 Å². The number of aromatic nitrogens is 1. The van der Waals surface area contributed by atoms with Crippen LogP contribution in [0.25, 0.3) is 0 Å². The molecular weight excluding hydrogens is 142 g/mol. The van der Waals surface area contributed by atoms with E-state index in [4.69, 9.17) is 10.3 Å². The van der Waals surface area contributed by atoms with Crippen LogP contribution in [-0.2, 0) is 6.54 Å². The average Bonchev–Trinajstić information content (AvgIpc) is 2.31. The van der Waals surface area contributed by atoms with Gasteiger partial charge in [0.2, 0.25) is 0 Å². The van der Waals surface area contributed by atoms with Crippen LogP contribution in [0.4, 0.5) is 0 Å². The van der Waals surface area contributed by atoms with E-state index >= 15 is 0 Å². The SMILES string of the molecule is CC(N)=NCc1cc(C)on1. The zero-order chi connectivity index (χ0) is 8.27. The largest absolute Gasteiger partial charge is 0.388 e. The molecule has 2 N–H and O–H groups in total. The second kappa shape index (κ2) is 3.18. The summed E-state index contributed by atoms with van der Waals surface area (Å²) in [6.07, 6.45) is 0. The van der Waals surface area contributed by atoms with Crippen LogP contribution in [0.2, 0.25) is 0 Å². The van der Waals surface area contributed by atoms with E-state index in [1.807, 2.05) is 13.0 Å². The zero-order valence-corrected chi connectivity index (χ0v) is 6.66. The van der Waals surface area contributed by atoms with Crippen LogP contribution in [0, 0.1) is 6.92 Å². The molecule has 1 rings (SSSR count). The predicted molar refractivity (Wildman–Crippen MR) is 42.2 cm³/mol. The molecule has 0 aliphatic rings. The first-order valence-corrected chi connectivity index (χ1v) is 3.37. The van der Waals surface area contributed by atoms with Gasteiger partial charge >= 0.3 is 0 Å². The fourth-order valence-corrected chi connectivity index (χ4v) is 0.698. The van der Waals surface area contributed by atoms with E-state index < -0.39 is 0 Å². The first-order valence-electron chi connectivity index (χ1n) is 3.37. The Bertz CT molecular complexity index is 260. The van der Waals surface area contributed by atoms with E-state index in [1.54, 1.807) is 6.92 Å². The highest BCUT2D eigenvalue weighted by atomic mass is 16.5. The molecule has 0 aliphatic carbocycles. The summed E-state index contributed by atoms with van der Waals surface area (Å²) in [6, 6.07) is 1.84. The lowest BCUT2D eigenvalue weighted by Crippen LogP contribution is -2.05.